The summed E-state index contributed by atoms with van der Waals surface area (Å²) in [4.78, 5) is 17.5. The first-order valence-electron chi connectivity index (χ1n) is 8.87. The fourth-order valence-corrected chi connectivity index (χ4v) is 4.07. The zero-order valence-electron chi connectivity index (χ0n) is 15.2. The Bertz CT molecular complexity index is 889. The fraction of sp³-hybridized carbons (Fsp3) is 0.421. The highest BCUT2D eigenvalue weighted by Gasteiger charge is 2.38. The van der Waals surface area contributed by atoms with Gasteiger partial charge in [-0.3, -0.25) is 4.79 Å². The number of aromatic nitrogens is 3. The lowest BCUT2D eigenvalue weighted by atomic mass is 9.81. The van der Waals surface area contributed by atoms with Gasteiger partial charge in [0.15, 0.2) is 5.78 Å². The molecule has 0 radical (unpaired) electrons. The molecule has 0 unspecified atom stereocenters. The zero-order valence-corrected chi connectivity index (χ0v) is 16.0. The van der Waals surface area contributed by atoms with Gasteiger partial charge in [-0.15, -0.1) is 5.10 Å². The SMILES string of the molecule is CCOc1cccc([C@@H]2C3=C(C[C@@H](C)CC3=O)Nc3nc(SC)nn32)c1. The fourth-order valence-electron chi connectivity index (χ4n) is 3.72. The quantitative estimate of drug-likeness (QED) is 0.828. The normalized spacial score (nSPS) is 21.9. The van der Waals surface area contributed by atoms with Crippen molar-refractivity contribution in [1.29, 1.82) is 0 Å². The first kappa shape index (κ1) is 17.1. The highest BCUT2D eigenvalue weighted by molar-refractivity contribution is 7.98. The third-order valence-corrected chi connectivity index (χ3v) is 5.31. The Labute approximate surface area is 157 Å². The lowest BCUT2D eigenvalue weighted by molar-refractivity contribution is -0.117. The minimum atomic E-state index is -0.268. The van der Waals surface area contributed by atoms with E-state index < -0.39 is 0 Å². The van der Waals surface area contributed by atoms with E-state index in [2.05, 4.69) is 22.3 Å². The van der Waals surface area contributed by atoms with E-state index in [0.29, 0.717) is 30.1 Å². The Morgan fingerprint density at radius 1 is 1.38 bits per heavy atom. The molecule has 2 aliphatic rings. The molecule has 4 rings (SSSR count). The maximum atomic E-state index is 12.9. The van der Waals surface area contributed by atoms with E-state index in [1.165, 1.54) is 11.8 Å². The molecule has 136 valence electrons. The van der Waals surface area contributed by atoms with Gasteiger partial charge >= 0.3 is 0 Å². The van der Waals surface area contributed by atoms with Crippen molar-refractivity contribution in [3.63, 3.8) is 0 Å². The summed E-state index contributed by atoms with van der Waals surface area (Å²) in [5.41, 5.74) is 2.78. The van der Waals surface area contributed by atoms with Gasteiger partial charge in [0.05, 0.1) is 6.61 Å². The molecule has 6 nitrogen and oxygen atoms in total. The van der Waals surface area contributed by atoms with Crippen LogP contribution in [0, 0.1) is 5.92 Å². The lowest BCUT2D eigenvalue weighted by Crippen LogP contribution is -2.33. The molecule has 26 heavy (non-hydrogen) atoms. The van der Waals surface area contributed by atoms with E-state index in [9.17, 15) is 4.79 Å². The number of anilines is 1. The predicted molar refractivity (Wildman–Crippen MR) is 102 cm³/mol. The topological polar surface area (TPSA) is 69.0 Å². The molecule has 7 heteroatoms. The van der Waals surface area contributed by atoms with Gasteiger partial charge in [0.1, 0.15) is 11.8 Å². The monoisotopic (exact) mass is 370 g/mol. The summed E-state index contributed by atoms with van der Waals surface area (Å²) in [5, 5.41) is 8.68. The second kappa shape index (κ2) is 6.79. The number of hydrogen-bond donors (Lipinski definition) is 1. The number of ketones is 1. The number of allylic oxidation sites excluding steroid dienone is 2. The smallest absolute Gasteiger partial charge is 0.227 e. The lowest BCUT2D eigenvalue weighted by Gasteiger charge is -2.34. The molecule has 0 fully saturated rings. The number of carbonyl (C=O) groups excluding carboxylic acids is 1. The van der Waals surface area contributed by atoms with Crippen LogP contribution in [0.15, 0.2) is 40.7 Å². The molecule has 0 saturated carbocycles. The maximum absolute atomic E-state index is 12.9. The summed E-state index contributed by atoms with van der Waals surface area (Å²) < 4.78 is 7.50. The van der Waals surface area contributed by atoms with Gasteiger partial charge in [0.25, 0.3) is 0 Å². The molecule has 1 aromatic heterocycles. The van der Waals surface area contributed by atoms with Crippen LogP contribution in [-0.4, -0.2) is 33.4 Å². The van der Waals surface area contributed by atoms with Crippen molar-refractivity contribution in [1.82, 2.24) is 14.8 Å². The number of ether oxygens (including phenoxy) is 1. The van der Waals surface area contributed by atoms with Gasteiger partial charge < -0.3 is 10.1 Å². The summed E-state index contributed by atoms with van der Waals surface area (Å²) in [6.07, 6.45) is 3.37. The second-order valence-corrected chi connectivity index (χ2v) is 7.50. The third-order valence-electron chi connectivity index (χ3n) is 4.77. The van der Waals surface area contributed by atoms with E-state index in [1.54, 1.807) is 0 Å². The molecule has 0 bridgehead atoms. The van der Waals surface area contributed by atoms with Crippen molar-refractivity contribution >= 4 is 23.5 Å². The summed E-state index contributed by atoms with van der Waals surface area (Å²) in [6.45, 7) is 4.68. The Balaban J connectivity index is 1.87. The highest BCUT2D eigenvalue weighted by atomic mass is 32.2. The van der Waals surface area contributed by atoms with Crippen LogP contribution < -0.4 is 10.1 Å². The maximum Gasteiger partial charge on any atom is 0.227 e. The van der Waals surface area contributed by atoms with Gasteiger partial charge in [-0.1, -0.05) is 30.8 Å². The zero-order chi connectivity index (χ0) is 18.3. The van der Waals surface area contributed by atoms with Crippen LogP contribution in [0.5, 0.6) is 5.75 Å². The summed E-state index contributed by atoms with van der Waals surface area (Å²) in [6, 6.07) is 7.65. The average Bonchev–Trinajstić information content (AvgIpc) is 3.03. The largest absolute Gasteiger partial charge is 0.494 e. The molecule has 0 amide bonds. The molecule has 1 aliphatic carbocycles. The van der Waals surface area contributed by atoms with Crippen LogP contribution in [0.3, 0.4) is 0 Å². The molecule has 1 aromatic carbocycles. The van der Waals surface area contributed by atoms with Crippen molar-refractivity contribution in [3.8, 4) is 5.75 Å². The predicted octanol–water partition coefficient (Wildman–Crippen LogP) is 3.67. The van der Waals surface area contributed by atoms with Crippen LogP contribution in [0.1, 0.15) is 38.3 Å². The average molecular weight is 370 g/mol. The second-order valence-electron chi connectivity index (χ2n) is 6.73. The van der Waals surface area contributed by atoms with Gasteiger partial charge in [-0.25, -0.2) is 4.68 Å². The van der Waals surface area contributed by atoms with E-state index in [4.69, 9.17) is 4.74 Å². The van der Waals surface area contributed by atoms with Crippen LogP contribution in [0.2, 0.25) is 0 Å². The van der Waals surface area contributed by atoms with Crippen LogP contribution in [0.4, 0.5) is 5.95 Å². The number of thioether (sulfide) groups is 1. The number of nitrogens with zero attached hydrogens (tertiary/aromatic N) is 3. The summed E-state index contributed by atoms with van der Waals surface area (Å²) >= 11 is 1.49. The first-order chi connectivity index (χ1) is 12.6. The number of Topliss-reactive ketones (excluding diaryl/α,β-unsaturated/α-hetero) is 1. The molecule has 1 aliphatic heterocycles. The van der Waals surface area contributed by atoms with Gasteiger partial charge in [-0.2, -0.15) is 4.98 Å². The van der Waals surface area contributed by atoms with Crippen LogP contribution in [-0.2, 0) is 4.79 Å². The van der Waals surface area contributed by atoms with Crippen molar-refractivity contribution < 1.29 is 9.53 Å². The Hall–Kier alpha value is -2.28. The van der Waals surface area contributed by atoms with Gasteiger partial charge in [0.2, 0.25) is 11.1 Å². The van der Waals surface area contributed by atoms with E-state index in [1.807, 2.05) is 42.1 Å². The molecular formula is C19H22N4O2S. The minimum absolute atomic E-state index is 0.185. The molecule has 2 aromatic rings. The third kappa shape index (κ3) is 2.90. The number of nitrogens with one attached hydrogen (secondary N) is 1. The highest BCUT2D eigenvalue weighted by Crippen LogP contribution is 2.42. The van der Waals surface area contributed by atoms with E-state index in [-0.39, 0.29) is 11.8 Å². The number of benzene rings is 1. The summed E-state index contributed by atoms with van der Waals surface area (Å²) in [5.74, 6) is 2.01. The Morgan fingerprint density at radius 2 is 2.23 bits per heavy atom. The van der Waals surface area contributed by atoms with Crippen molar-refractivity contribution in [2.45, 2.75) is 37.9 Å². The molecule has 2 heterocycles. The standard InChI is InChI=1S/C19H22N4O2S/c1-4-25-13-7-5-6-12(10-13)17-16-14(8-11(2)9-15(16)24)20-18-21-19(26-3)22-23(17)18/h5-7,10-11,17H,4,8-9H2,1-3H3,(H,20,21,22)/t11-,17-/m1/s1. The van der Waals surface area contributed by atoms with E-state index in [0.717, 1.165) is 29.0 Å². The van der Waals surface area contributed by atoms with Crippen molar-refractivity contribution in [3.05, 3.63) is 41.1 Å². The first-order valence-corrected chi connectivity index (χ1v) is 10.1. The van der Waals surface area contributed by atoms with Gasteiger partial charge in [-0.05, 0) is 43.2 Å². The Kier molecular flexibility index (Phi) is 4.48. The van der Waals surface area contributed by atoms with Crippen LogP contribution in [0.25, 0.3) is 0 Å². The number of rotatable bonds is 4. The number of hydrogen-bond acceptors (Lipinski definition) is 6. The van der Waals surface area contributed by atoms with Crippen molar-refractivity contribution in [2.24, 2.45) is 5.92 Å². The van der Waals surface area contributed by atoms with E-state index >= 15 is 0 Å². The van der Waals surface area contributed by atoms with Gasteiger partial charge in [0, 0.05) is 17.7 Å². The number of carbonyl (C=O) groups is 1. The molecule has 0 spiro atoms. The van der Waals surface area contributed by atoms with Crippen molar-refractivity contribution in [2.75, 3.05) is 18.2 Å². The minimum Gasteiger partial charge on any atom is -0.494 e. The molecule has 0 saturated heterocycles. The summed E-state index contributed by atoms with van der Waals surface area (Å²) in [7, 11) is 0. The van der Waals surface area contributed by atoms with Crippen LogP contribution >= 0.6 is 11.8 Å². The molecular weight excluding hydrogens is 348 g/mol. The number of fused-ring (bicyclic) bond motifs is 1. The molecule has 1 N–H and O–H groups in total. The molecule has 2 atom stereocenters. The Morgan fingerprint density at radius 3 is 3.00 bits per heavy atom.